The Labute approximate surface area is 133 Å². The highest BCUT2D eigenvalue weighted by molar-refractivity contribution is 7.91. The molecule has 1 N–H and O–H groups in total. The van der Waals surface area contributed by atoms with Gasteiger partial charge in [0.25, 0.3) is 0 Å². The Hall–Kier alpha value is -0.840. The summed E-state index contributed by atoms with van der Waals surface area (Å²) in [6.45, 7) is 10.7. The van der Waals surface area contributed by atoms with Crippen molar-refractivity contribution in [1.29, 1.82) is 0 Å². The lowest BCUT2D eigenvalue weighted by Crippen LogP contribution is -2.59. The van der Waals surface area contributed by atoms with Gasteiger partial charge in [-0.1, -0.05) is 32.9 Å². The molecule has 0 aromatic rings. The second-order valence-electron chi connectivity index (χ2n) is 8.36. The molecule has 4 rings (SSSR count). The van der Waals surface area contributed by atoms with Gasteiger partial charge in [0.2, 0.25) is 5.91 Å². The molecule has 22 heavy (non-hydrogen) atoms. The lowest BCUT2D eigenvalue weighted by Gasteiger charge is -2.60. The van der Waals surface area contributed by atoms with Crippen LogP contribution in [-0.4, -0.2) is 31.9 Å². The van der Waals surface area contributed by atoms with E-state index in [1.807, 2.05) is 6.92 Å². The highest BCUT2D eigenvalue weighted by Crippen LogP contribution is 2.60. The first-order valence-electron chi connectivity index (χ1n) is 8.25. The van der Waals surface area contributed by atoms with E-state index in [9.17, 15) is 13.2 Å². The van der Waals surface area contributed by atoms with Gasteiger partial charge in [-0.15, -0.1) is 0 Å². The highest BCUT2D eigenvalue weighted by Gasteiger charge is 2.55. The molecule has 3 atom stereocenters. The molecule has 4 nitrogen and oxygen atoms in total. The smallest absolute Gasteiger partial charge is 0.226 e. The second-order valence-corrected chi connectivity index (χ2v) is 10.7. The molecule has 0 radical (unpaired) electrons. The van der Waals surface area contributed by atoms with Crippen molar-refractivity contribution < 1.29 is 13.2 Å². The maximum absolute atomic E-state index is 12.7. The van der Waals surface area contributed by atoms with Gasteiger partial charge in [0.1, 0.15) is 9.84 Å². The summed E-state index contributed by atoms with van der Waals surface area (Å²) in [6.07, 6.45) is 3.04. The van der Waals surface area contributed by atoms with E-state index >= 15 is 0 Å². The molecule has 3 aliphatic carbocycles. The van der Waals surface area contributed by atoms with E-state index in [0.29, 0.717) is 30.1 Å². The van der Waals surface area contributed by atoms with Gasteiger partial charge in [0, 0.05) is 5.41 Å². The molecular formula is C17H27NO3S. The fourth-order valence-corrected chi connectivity index (χ4v) is 6.15. The minimum Gasteiger partial charge on any atom is -0.349 e. The Balaban J connectivity index is 1.65. The zero-order valence-electron chi connectivity index (χ0n) is 13.8. The standard InChI is InChI=1S/C17H27NO3S/c1-11-13-9-12(16(13,2)3)10-14(11)18-15(19)17(4)5-7-22(20,21)8-6-17/h12-14H,1,5-10H2,2-4H3,(H,18,19)/t12-,13+,14?/m1/s1. The zero-order valence-corrected chi connectivity index (χ0v) is 14.6. The molecule has 3 saturated carbocycles. The number of hydrogen-bond donors (Lipinski definition) is 1. The molecule has 1 unspecified atom stereocenters. The monoisotopic (exact) mass is 325 g/mol. The van der Waals surface area contributed by atoms with Crippen LogP contribution in [0.1, 0.15) is 46.5 Å². The third-order valence-corrected chi connectivity index (χ3v) is 8.32. The summed E-state index contributed by atoms with van der Waals surface area (Å²) in [6, 6.07) is 0.0691. The van der Waals surface area contributed by atoms with E-state index in [0.717, 1.165) is 12.0 Å². The Morgan fingerprint density at radius 3 is 2.27 bits per heavy atom. The molecule has 124 valence electrons. The van der Waals surface area contributed by atoms with Crippen molar-refractivity contribution in [2.45, 2.75) is 52.5 Å². The molecular weight excluding hydrogens is 298 g/mol. The zero-order chi connectivity index (χ0) is 16.3. The maximum atomic E-state index is 12.7. The third kappa shape index (κ3) is 2.41. The largest absolute Gasteiger partial charge is 0.349 e. The summed E-state index contributed by atoms with van der Waals surface area (Å²) in [5, 5.41) is 3.17. The predicted octanol–water partition coefficient (Wildman–Crippen LogP) is 2.31. The minimum atomic E-state index is -2.95. The van der Waals surface area contributed by atoms with Crippen molar-refractivity contribution in [2.75, 3.05) is 11.5 Å². The average Bonchev–Trinajstić information content (AvgIpc) is 2.44. The van der Waals surface area contributed by atoms with Gasteiger partial charge in [-0.25, -0.2) is 8.42 Å². The molecule has 4 aliphatic rings. The molecule has 1 saturated heterocycles. The number of amides is 1. The fraction of sp³-hybridized carbons (Fsp3) is 0.824. The molecule has 1 amide bonds. The molecule has 1 heterocycles. The van der Waals surface area contributed by atoms with Crippen LogP contribution in [0.4, 0.5) is 0 Å². The van der Waals surface area contributed by atoms with Crippen LogP contribution in [0, 0.1) is 22.7 Å². The topological polar surface area (TPSA) is 63.2 Å². The summed E-state index contributed by atoms with van der Waals surface area (Å²) >= 11 is 0. The number of nitrogens with one attached hydrogen (secondary N) is 1. The van der Waals surface area contributed by atoms with Gasteiger partial charge >= 0.3 is 0 Å². The fourth-order valence-electron chi connectivity index (χ4n) is 4.42. The number of hydrogen-bond acceptors (Lipinski definition) is 3. The maximum Gasteiger partial charge on any atom is 0.226 e. The SMILES string of the molecule is C=C1C(NC(=O)C2(C)CCS(=O)(=O)CC2)C[C@H]2C[C@@H]1C2(C)C. The summed E-state index contributed by atoms with van der Waals surface area (Å²) in [4.78, 5) is 12.7. The Kier molecular flexibility index (Phi) is 3.52. The van der Waals surface area contributed by atoms with Gasteiger partial charge in [-0.05, 0) is 42.9 Å². The number of rotatable bonds is 2. The molecule has 0 aromatic heterocycles. The Bertz CT molecular complexity index is 606. The van der Waals surface area contributed by atoms with E-state index in [-0.39, 0.29) is 23.5 Å². The number of fused-ring (bicyclic) bond motifs is 2. The minimum absolute atomic E-state index is 0.00709. The van der Waals surface area contributed by atoms with E-state index < -0.39 is 15.3 Å². The van der Waals surface area contributed by atoms with Gasteiger partial charge in [0.15, 0.2) is 0 Å². The third-order valence-electron chi connectivity index (χ3n) is 6.67. The van der Waals surface area contributed by atoms with E-state index in [1.165, 1.54) is 6.42 Å². The van der Waals surface area contributed by atoms with Crippen LogP contribution in [0.2, 0.25) is 0 Å². The highest BCUT2D eigenvalue weighted by atomic mass is 32.2. The quantitative estimate of drug-likeness (QED) is 0.793. The number of sulfone groups is 1. The van der Waals surface area contributed by atoms with Crippen molar-refractivity contribution in [3.8, 4) is 0 Å². The van der Waals surface area contributed by atoms with Crippen LogP contribution in [0.5, 0.6) is 0 Å². The van der Waals surface area contributed by atoms with Crippen LogP contribution in [-0.2, 0) is 14.6 Å². The Morgan fingerprint density at radius 1 is 1.18 bits per heavy atom. The van der Waals surface area contributed by atoms with Crippen molar-refractivity contribution >= 4 is 15.7 Å². The van der Waals surface area contributed by atoms with Gasteiger partial charge in [-0.3, -0.25) is 4.79 Å². The first kappa shape index (κ1) is 16.0. The van der Waals surface area contributed by atoms with Crippen LogP contribution >= 0.6 is 0 Å². The van der Waals surface area contributed by atoms with Crippen molar-refractivity contribution in [1.82, 2.24) is 5.32 Å². The summed E-state index contributed by atoms with van der Waals surface area (Å²) in [5.41, 5.74) is 0.928. The molecule has 5 heteroatoms. The van der Waals surface area contributed by atoms with E-state index in [1.54, 1.807) is 0 Å². The molecule has 1 aliphatic heterocycles. The van der Waals surface area contributed by atoms with E-state index in [2.05, 4.69) is 25.7 Å². The average molecular weight is 325 g/mol. The lowest BCUT2D eigenvalue weighted by molar-refractivity contribution is -0.132. The second kappa shape index (κ2) is 4.83. The van der Waals surface area contributed by atoms with Gasteiger partial charge < -0.3 is 5.32 Å². The first-order valence-corrected chi connectivity index (χ1v) is 10.1. The van der Waals surface area contributed by atoms with Crippen LogP contribution in [0.15, 0.2) is 12.2 Å². The number of carbonyl (C=O) groups excluding carboxylic acids is 1. The molecule has 2 bridgehead atoms. The van der Waals surface area contributed by atoms with Crippen molar-refractivity contribution in [3.05, 3.63) is 12.2 Å². The number of carbonyl (C=O) groups is 1. The van der Waals surface area contributed by atoms with Crippen LogP contribution in [0.25, 0.3) is 0 Å². The Morgan fingerprint density at radius 2 is 1.77 bits per heavy atom. The molecule has 0 spiro atoms. The lowest BCUT2D eigenvalue weighted by atomic mass is 9.46. The van der Waals surface area contributed by atoms with Crippen LogP contribution in [0.3, 0.4) is 0 Å². The summed E-state index contributed by atoms with van der Waals surface area (Å²) in [5.74, 6) is 1.43. The first-order chi connectivity index (χ1) is 10.1. The summed E-state index contributed by atoms with van der Waals surface area (Å²) in [7, 11) is -2.95. The van der Waals surface area contributed by atoms with Gasteiger partial charge in [0.05, 0.1) is 17.5 Å². The summed E-state index contributed by atoms with van der Waals surface area (Å²) < 4.78 is 23.2. The van der Waals surface area contributed by atoms with Crippen molar-refractivity contribution in [3.63, 3.8) is 0 Å². The molecule has 4 fully saturated rings. The van der Waals surface area contributed by atoms with E-state index in [4.69, 9.17) is 0 Å². The molecule has 0 aromatic carbocycles. The van der Waals surface area contributed by atoms with Gasteiger partial charge in [-0.2, -0.15) is 0 Å². The van der Waals surface area contributed by atoms with Crippen molar-refractivity contribution in [2.24, 2.45) is 22.7 Å². The predicted molar refractivity (Wildman–Crippen MR) is 87.1 cm³/mol. The van der Waals surface area contributed by atoms with Crippen LogP contribution < -0.4 is 5.32 Å². The normalized spacial score (nSPS) is 38.0.